The molecule has 1 rings (SSSR count). The quantitative estimate of drug-likeness (QED) is 0.596. The molecule has 0 aromatic heterocycles. The number of methoxy groups -OCH3 is 2. The minimum Gasteiger partial charge on any atom is -0.496 e. The molecule has 0 bridgehead atoms. The minimum atomic E-state index is 0. The first-order valence-corrected chi connectivity index (χ1v) is 7.75. The fourth-order valence-electron chi connectivity index (χ4n) is 1.80. The van der Waals surface area contributed by atoms with Crippen molar-refractivity contribution in [2.75, 3.05) is 40.5 Å². The number of amides is 1. The standard InChI is InChI=1S/C15H23BrN2O3.ClH/c1-20-10-9-17-7-8-18-15(19)6-4-12-3-5-14(21-2)13(16)11-12;/h3,5,11,17H,4,6-10H2,1-2H3,(H,18,19);1H. The van der Waals surface area contributed by atoms with Gasteiger partial charge < -0.3 is 20.1 Å². The highest BCUT2D eigenvalue weighted by molar-refractivity contribution is 9.10. The van der Waals surface area contributed by atoms with Gasteiger partial charge in [0.2, 0.25) is 5.91 Å². The second-order valence-corrected chi connectivity index (χ2v) is 5.42. The molecule has 0 aliphatic heterocycles. The predicted molar refractivity (Wildman–Crippen MR) is 94.0 cm³/mol. The molecule has 0 atom stereocenters. The van der Waals surface area contributed by atoms with Crippen LogP contribution in [0.4, 0.5) is 0 Å². The maximum absolute atomic E-state index is 11.7. The number of hydrogen-bond donors (Lipinski definition) is 2. The number of benzene rings is 1. The van der Waals surface area contributed by atoms with E-state index < -0.39 is 0 Å². The van der Waals surface area contributed by atoms with E-state index in [1.54, 1.807) is 14.2 Å². The summed E-state index contributed by atoms with van der Waals surface area (Å²) in [4.78, 5) is 11.7. The van der Waals surface area contributed by atoms with Crippen molar-refractivity contribution >= 4 is 34.2 Å². The maximum atomic E-state index is 11.7. The highest BCUT2D eigenvalue weighted by atomic mass is 79.9. The maximum Gasteiger partial charge on any atom is 0.220 e. The van der Waals surface area contributed by atoms with Gasteiger partial charge in [-0.25, -0.2) is 0 Å². The number of carbonyl (C=O) groups excluding carboxylic acids is 1. The highest BCUT2D eigenvalue weighted by Crippen LogP contribution is 2.25. The lowest BCUT2D eigenvalue weighted by atomic mass is 10.1. The first-order chi connectivity index (χ1) is 10.2. The van der Waals surface area contributed by atoms with Gasteiger partial charge in [-0.05, 0) is 40.0 Å². The second kappa shape index (κ2) is 12.7. The molecule has 0 saturated carbocycles. The predicted octanol–water partition coefficient (Wildman–Crippen LogP) is 2.16. The van der Waals surface area contributed by atoms with Crippen LogP contribution in [0.3, 0.4) is 0 Å². The normalized spacial score (nSPS) is 9.95. The number of ether oxygens (including phenoxy) is 2. The fourth-order valence-corrected chi connectivity index (χ4v) is 2.39. The van der Waals surface area contributed by atoms with E-state index in [0.717, 1.165) is 28.9 Å². The lowest BCUT2D eigenvalue weighted by Crippen LogP contribution is -2.33. The molecule has 0 spiro atoms. The first-order valence-electron chi connectivity index (χ1n) is 6.96. The molecule has 0 aliphatic carbocycles. The van der Waals surface area contributed by atoms with Crippen molar-refractivity contribution in [1.82, 2.24) is 10.6 Å². The Balaban J connectivity index is 0.00000441. The van der Waals surface area contributed by atoms with E-state index >= 15 is 0 Å². The zero-order valence-electron chi connectivity index (χ0n) is 13.0. The van der Waals surface area contributed by atoms with Crippen molar-refractivity contribution in [2.24, 2.45) is 0 Å². The van der Waals surface area contributed by atoms with Crippen molar-refractivity contribution in [3.63, 3.8) is 0 Å². The number of carbonyl (C=O) groups is 1. The fraction of sp³-hybridized carbons (Fsp3) is 0.533. The molecule has 1 aromatic rings. The number of aryl methyl sites for hydroxylation is 1. The number of halogens is 2. The van der Waals surface area contributed by atoms with E-state index in [9.17, 15) is 4.79 Å². The second-order valence-electron chi connectivity index (χ2n) is 4.56. The largest absolute Gasteiger partial charge is 0.496 e. The summed E-state index contributed by atoms with van der Waals surface area (Å²) in [5.74, 6) is 0.862. The Hall–Kier alpha value is -0.820. The Morgan fingerprint density at radius 1 is 1.23 bits per heavy atom. The van der Waals surface area contributed by atoms with Crippen LogP contribution in [0.1, 0.15) is 12.0 Å². The zero-order valence-corrected chi connectivity index (χ0v) is 15.4. The Bertz CT molecular complexity index is 447. The molecule has 0 fully saturated rings. The molecule has 126 valence electrons. The van der Waals surface area contributed by atoms with Gasteiger partial charge in [-0.1, -0.05) is 6.07 Å². The molecule has 1 aromatic carbocycles. The molecular weight excluding hydrogens is 372 g/mol. The topological polar surface area (TPSA) is 59.6 Å². The third kappa shape index (κ3) is 8.58. The van der Waals surface area contributed by atoms with Gasteiger partial charge >= 0.3 is 0 Å². The summed E-state index contributed by atoms with van der Waals surface area (Å²) in [6.07, 6.45) is 1.20. The van der Waals surface area contributed by atoms with Crippen LogP contribution in [0.5, 0.6) is 5.75 Å². The number of hydrogen-bond acceptors (Lipinski definition) is 4. The third-order valence-corrected chi connectivity index (χ3v) is 3.58. The Morgan fingerprint density at radius 2 is 2.00 bits per heavy atom. The number of nitrogens with one attached hydrogen (secondary N) is 2. The van der Waals surface area contributed by atoms with Gasteiger partial charge in [0.1, 0.15) is 5.75 Å². The Kier molecular flexibility index (Phi) is 12.2. The summed E-state index contributed by atoms with van der Waals surface area (Å²) >= 11 is 3.44. The first kappa shape index (κ1) is 21.2. The monoisotopic (exact) mass is 394 g/mol. The van der Waals surface area contributed by atoms with Gasteiger partial charge in [0, 0.05) is 33.2 Å². The van der Waals surface area contributed by atoms with E-state index in [1.807, 2.05) is 18.2 Å². The smallest absolute Gasteiger partial charge is 0.220 e. The Morgan fingerprint density at radius 3 is 2.64 bits per heavy atom. The van der Waals surface area contributed by atoms with Crippen molar-refractivity contribution in [2.45, 2.75) is 12.8 Å². The van der Waals surface area contributed by atoms with Crippen molar-refractivity contribution in [3.8, 4) is 5.75 Å². The third-order valence-electron chi connectivity index (χ3n) is 2.96. The van der Waals surface area contributed by atoms with Gasteiger partial charge in [-0.3, -0.25) is 4.79 Å². The van der Waals surface area contributed by atoms with Gasteiger partial charge in [0.15, 0.2) is 0 Å². The average Bonchev–Trinajstić information content (AvgIpc) is 2.49. The molecule has 0 unspecified atom stereocenters. The molecule has 0 aliphatic rings. The van der Waals surface area contributed by atoms with Crippen LogP contribution in [-0.4, -0.2) is 46.4 Å². The number of rotatable bonds is 10. The van der Waals surface area contributed by atoms with Gasteiger partial charge in [0.25, 0.3) is 0 Å². The van der Waals surface area contributed by atoms with Crippen LogP contribution in [0.15, 0.2) is 22.7 Å². The molecular formula is C15H24BrClN2O3. The lowest BCUT2D eigenvalue weighted by Gasteiger charge is -2.08. The van der Waals surface area contributed by atoms with Crippen LogP contribution in [0, 0.1) is 0 Å². The van der Waals surface area contributed by atoms with Crippen LogP contribution in [-0.2, 0) is 16.0 Å². The van der Waals surface area contributed by atoms with Crippen molar-refractivity contribution in [1.29, 1.82) is 0 Å². The zero-order chi connectivity index (χ0) is 15.5. The van der Waals surface area contributed by atoms with Crippen LogP contribution in [0.2, 0.25) is 0 Å². The van der Waals surface area contributed by atoms with Gasteiger partial charge in [-0.2, -0.15) is 0 Å². The van der Waals surface area contributed by atoms with E-state index in [0.29, 0.717) is 26.0 Å². The van der Waals surface area contributed by atoms with E-state index in [1.165, 1.54) is 0 Å². The van der Waals surface area contributed by atoms with Crippen LogP contribution in [0.25, 0.3) is 0 Å². The molecule has 2 N–H and O–H groups in total. The highest BCUT2D eigenvalue weighted by Gasteiger charge is 2.04. The molecule has 7 heteroatoms. The summed E-state index contributed by atoms with van der Waals surface area (Å²) in [6.45, 7) is 2.87. The van der Waals surface area contributed by atoms with Gasteiger partial charge in [-0.15, -0.1) is 12.4 Å². The van der Waals surface area contributed by atoms with E-state index in [-0.39, 0.29) is 18.3 Å². The van der Waals surface area contributed by atoms with Gasteiger partial charge in [0.05, 0.1) is 18.2 Å². The van der Waals surface area contributed by atoms with Crippen molar-refractivity contribution < 1.29 is 14.3 Å². The van der Waals surface area contributed by atoms with E-state index in [4.69, 9.17) is 9.47 Å². The average molecular weight is 396 g/mol. The summed E-state index contributed by atoms with van der Waals surface area (Å²) < 4.78 is 11.0. The SMILES string of the molecule is COCCNCCNC(=O)CCc1ccc(OC)c(Br)c1.Cl. The summed E-state index contributed by atoms with van der Waals surface area (Å²) in [5.41, 5.74) is 1.11. The summed E-state index contributed by atoms with van der Waals surface area (Å²) in [5, 5.41) is 6.06. The molecule has 5 nitrogen and oxygen atoms in total. The molecule has 22 heavy (non-hydrogen) atoms. The summed E-state index contributed by atoms with van der Waals surface area (Å²) in [7, 11) is 3.30. The van der Waals surface area contributed by atoms with E-state index in [2.05, 4.69) is 26.6 Å². The molecule has 1 amide bonds. The van der Waals surface area contributed by atoms with Crippen LogP contribution < -0.4 is 15.4 Å². The lowest BCUT2D eigenvalue weighted by molar-refractivity contribution is -0.121. The molecule has 0 saturated heterocycles. The van der Waals surface area contributed by atoms with Crippen LogP contribution >= 0.6 is 28.3 Å². The molecule has 0 heterocycles. The minimum absolute atomic E-state index is 0. The Labute approximate surface area is 146 Å². The summed E-state index contributed by atoms with van der Waals surface area (Å²) in [6, 6.07) is 5.86. The van der Waals surface area contributed by atoms with Crippen molar-refractivity contribution in [3.05, 3.63) is 28.2 Å². The molecule has 0 radical (unpaired) electrons.